The molecule has 1 aromatic rings. The zero-order valence-corrected chi connectivity index (χ0v) is 12.5. The van der Waals surface area contributed by atoms with E-state index in [0.717, 1.165) is 18.0 Å². The van der Waals surface area contributed by atoms with E-state index in [9.17, 15) is 14.4 Å². The van der Waals surface area contributed by atoms with Crippen LogP contribution in [0.1, 0.15) is 27.3 Å². The van der Waals surface area contributed by atoms with Gasteiger partial charge in [0.15, 0.2) is 0 Å². The predicted octanol–water partition coefficient (Wildman–Crippen LogP) is -0.158. The lowest BCUT2D eigenvalue weighted by Crippen LogP contribution is -2.48. The van der Waals surface area contributed by atoms with Crippen molar-refractivity contribution in [2.75, 3.05) is 39.8 Å². The molecule has 2 aliphatic heterocycles. The number of piperazine rings is 1. The van der Waals surface area contributed by atoms with Gasteiger partial charge >= 0.3 is 0 Å². The molecular formula is C15H18N4O3. The van der Waals surface area contributed by atoms with Gasteiger partial charge in [-0.2, -0.15) is 0 Å². The maximum absolute atomic E-state index is 12.2. The van der Waals surface area contributed by atoms with Gasteiger partial charge in [0, 0.05) is 45.3 Å². The lowest BCUT2D eigenvalue weighted by molar-refractivity contribution is -0.132. The summed E-state index contributed by atoms with van der Waals surface area (Å²) in [5.74, 6) is -0.788. The number of aromatic nitrogens is 1. The molecule has 1 aromatic heterocycles. The molecule has 7 nitrogen and oxygen atoms in total. The van der Waals surface area contributed by atoms with Gasteiger partial charge in [-0.15, -0.1) is 0 Å². The Morgan fingerprint density at radius 3 is 2.59 bits per heavy atom. The van der Waals surface area contributed by atoms with Crippen LogP contribution in [0.3, 0.4) is 0 Å². The Hall–Kier alpha value is -2.28. The molecule has 0 unspecified atom stereocenters. The summed E-state index contributed by atoms with van der Waals surface area (Å²) in [6.07, 6.45) is 1.65. The zero-order valence-electron chi connectivity index (χ0n) is 12.5. The summed E-state index contributed by atoms with van der Waals surface area (Å²) in [4.78, 5) is 45.5. The van der Waals surface area contributed by atoms with Gasteiger partial charge in [0.2, 0.25) is 5.91 Å². The summed E-state index contributed by atoms with van der Waals surface area (Å²) in [5.41, 5.74) is 0.499. The van der Waals surface area contributed by atoms with Gasteiger partial charge in [-0.1, -0.05) is 0 Å². The van der Waals surface area contributed by atoms with Gasteiger partial charge in [-0.05, 0) is 19.2 Å². The highest BCUT2D eigenvalue weighted by molar-refractivity contribution is 6.20. The Morgan fingerprint density at radius 2 is 1.91 bits per heavy atom. The molecule has 7 heteroatoms. The molecule has 0 saturated carbocycles. The molecular weight excluding hydrogens is 284 g/mol. The minimum absolute atomic E-state index is 0.0161. The van der Waals surface area contributed by atoms with Gasteiger partial charge in [0.05, 0.1) is 5.56 Å². The first-order chi connectivity index (χ1) is 10.6. The molecule has 0 bridgehead atoms. The zero-order chi connectivity index (χ0) is 15.7. The molecule has 0 atom stereocenters. The van der Waals surface area contributed by atoms with Crippen LogP contribution >= 0.6 is 0 Å². The van der Waals surface area contributed by atoms with Crippen LogP contribution in [0, 0.1) is 0 Å². The van der Waals surface area contributed by atoms with Crippen LogP contribution in [0.15, 0.2) is 18.3 Å². The van der Waals surface area contributed by atoms with Gasteiger partial charge in [-0.3, -0.25) is 24.3 Å². The van der Waals surface area contributed by atoms with Crippen molar-refractivity contribution >= 4 is 17.7 Å². The van der Waals surface area contributed by atoms with E-state index in [-0.39, 0.29) is 30.5 Å². The number of hydrogen-bond donors (Lipinski definition) is 0. The second-order valence-corrected chi connectivity index (χ2v) is 5.60. The molecule has 116 valence electrons. The number of likely N-dealkylation sites (N-methyl/N-ethyl adjacent to an activating group) is 1. The monoisotopic (exact) mass is 302 g/mol. The van der Waals surface area contributed by atoms with E-state index < -0.39 is 5.91 Å². The number of rotatable bonds is 3. The van der Waals surface area contributed by atoms with Crippen molar-refractivity contribution in [2.45, 2.75) is 6.42 Å². The van der Waals surface area contributed by atoms with E-state index >= 15 is 0 Å². The molecule has 0 aromatic carbocycles. The molecule has 0 aliphatic carbocycles. The SMILES string of the molecule is CN1CCN(C(=O)CCN2C(=O)c3cccnc3C2=O)CC1. The number of nitrogens with zero attached hydrogens (tertiary/aromatic N) is 4. The highest BCUT2D eigenvalue weighted by Crippen LogP contribution is 2.20. The Bertz CT molecular complexity index is 588. The van der Waals surface area contributed by atoms with Gasteiger partial charge in [0.25, 0.3) is 11.8 Å². The normalized spacial score (nSPS) is 18.8. The molecule has 0 radical (unpaired) electrons. The minimum atomic E-state index is -0.410. The standard InChI is InChI=1S/C15H18N4O3/c1-17-7-9-18(10-8-17)12(20)4-6-19-14(21)11-3-2-5-16-13(11)15(19)22/h2-3,5H,4,6-10H2,1H3. The molecule has 1 fully saturated rings. The summed E-state index contributed by atoms with van der Waals surface area (Å²) in [6.45, 7) is 3.20. The molecule has 3 heterocycles. The van der Waals surface area contributed by atoms with E-state index in [1.165, 1.54) is 6.20 Å². The van der Waals surface area contributed by atoms with Crippen LogP contribution in [0.5, 0.6) is 0 Å². The fourth-order valence-corrected chi connectivity index (χ4v) is 2.74. The average molecular weight is 302 g/mol. The molecule has 0 spiro atoms. The van der Waals surface area contributed by atoms with E-state index in [1.807, 2.05) is 7.05 Å². The molecule has 3 amide bonds. The third-order valence-electron chi connectivity index (χ3n) is 4.14. The summed E-state index contributed by atoms with van der Waals surface area (Å²) < 4.78 is 0. The van der Waals surface area contributed by atoms with Crippen molar-refractivity contribution in [3.8, 4) is 0 Å². The summed E-state index contributed by atoms with van der Waals surface area (Å²) in [7, 11) is 2.02. The molecule has 3 rings (SSSR count). The van der Waals surface area contributed by atoms with Crippen LogP contribution in [-0.4, -0.2) is 77.2 Å². The van der Waals surface area contributed by atoms with Crippen LogP contribution in [-0.2, 0) is 4.79 Å². The molecule has 1 saturated heterocycles. The predicted molar refractivity (Wildman–Crippen MR) is 78.3 cm³/mol. The fraction of sp³-hybridized carbons (Fsp3) is 0.467. The average Bonchev–Trinajstić information content (AvgIpc) is 2.78. The van der Waals surface area contributed by atoms with Crippen LogP contribution in [0.2, 0.25) is 0 Å². The fourth-order valence-electron chi connectivity index (χ4n) is 2.74. The number of hydrogen-bond acceptors (Lipinski definition) is 5. The topological polar surface area (TPSA) is 73.8 Å². The smallest absolute Gasteiger partial charge is 0.280 e. The van der Waals surface area contributed by atoms with Crippen molar-refractivity contribution in [2.24, 2.45) is 0 Å². The first kappa shape index (κ1) is 14.6. The lowest BCUT2D eigenvalue weighted by atomic mass is 10.2. The minimum Gasteiger partial charge on any atom is -0.340 e. The molecule has 0 N–H and O–H groups in total. The van der Waals surface area contributed by atoms with Crippen molar-refractivity contribution in [1.82, 2.24) is 19.7 Å². The van der Waals surface area contributed by atoms with Gasteiger partial charge in [-0.25, -0.2) is 0 Å². The van der Waals surface area contributed by atoms with Crippen molar-refractivity contribution < 1.29 is 14.4 Å². The van der Waals surface area contributed by atoms with Gasteiger partial charge in [0.1, 0.15) is 5.69 Å². The van der Waals surface area contributed by atoms with Crippen molar-refractivity contribution in [3.05, 3.63) is 29.6 Å². The molecule has 22 heavy (non-hydrogen) atoms. The quantitative estimate of drug-likeness (QED) is 0.726. The number of amides is 3. The number of carbonyl (C=O) groups excluding carboxylic acids is 3. The Kier molecular flexibility index (Phi) is 3.89. The summed E-state index contributed by atoms with van der Waals surface area (Å²) >= 11 is 0. The molecule has 2 aliphatic rings. The highest BCUT2D eigenvalue weighted by Gasteiger charge is 2.36. The van der Waals surface area contributed by atoms with E-state index in [4.69, 9.17) is 0 Å². The highest BCUT2D eigenvalue weighted by atomic mass is 16.2. The Labute approximate surface area is 128 Å². The van der Waals surface area contributed by atoms with Crippen molar-refractivity contribution in [1.29, 1.82) is 0 Å². The maximum atomic E-state index is 12.2. The van der Waals surface area contributed by atoms with E-state index in [2.05, 4.69) is 9.88 Å². The summed E-state index contributed by atoms with van der Waals surface area (Å²) in [5, 5.41) is 0. The third-order valence-corrected chi connectivity index (χ3v) is 4.14. The van der Waals surface area contributed by atoms with Crippen LogP contribution < -0.4 is 0 Å². The van der Waals surface area contributed by atoms with Crippen LogP contribution in [0.4, 0.5) is 0 Å². The number of imide groups is 1. The van der Waals surface area contributed by atoms with E-state index in [0.29, 0.717) is 18.7 Å². The van der Waals surface area contributed by atoms with Crippen molar-refractivity contribution in [3.63, 3.8) is 0 Å². The largest absolute Gasteiger partial charge is 0.340 e. The van der Waals surface area contributed by atoms with Gasteiger partial charge < -0.3 is 9.80 Å². The second kappa shape index (κ2) is 5.84. The lowest BCUT2D eigenvalue weighted by Gasteiger charge is -2.32. The van der Waals surface area contributed by atoms with Crippen LogP contribution in [0.25, 0.3) is 0 Å². The van der Waals surface area contributed by atoms with E-state index in [1.54, 1.807) is 17.0 Å². The number of pyridine rings is 1. The third kappa shape index (κ3) is 2.59. The Morgan fingerprint density at radius 1 is 1.18 bits per heavy atom. The summed E-state index contributed by atoms with van der Waals surface area (Å²) in [6, 6.07) is 3.22. The first-order valence-corrected chi connectivity index (χ1v) is 7.35. The second-order valence-electron chi connectivity index (χ2n) is 5.60. The Balaban J connectivity index is 1.60. The number of fused-ring (bicyclic) bond motifs is 1. The first-order valence-electron chi connectivity index (χ1n) is 7.35. The maximum Gasteiger partial charge on any atom is 0.280 e. The number of carbonyl (C=O) groups is 3.